The quantitative estimate of drug-likeness (QED) is 0.0166. The van der Waals surface area contributed by atoms with Crippen molar-refractivity contribution in [2.75, 3.05) is 26.3 Å². The van der Waals surface area contributed by atoms with Crippen LogP contribution in [0.5, 0.6) is 0 Å². The number of nitrogens with one attached hydrogen (secondary N) is 17. The Morgan fingerprint density at radius 3 is 1.12 bits per heavy atom. The molecule has 0 aromatic heterocycles. The van der Waals surface area contributed by atoms with Gasteiger partial charge in [0.1, 0.15) is 78.5 Å². The number of amides is 14. The Hall–Kier alpha value is -12.7. The molecule has 2 rings (SSSR count). The maximum Gasteiger partial charge on any atom is 0.326 e. The van der Waals surface area contributed by atoms with E-state index in [1.165, 1.54) is 32.9 Å². The number of guanidine groups is 2. The second-order valence-corrected chi connectivity index (χ2v) is 29.0. The van der Waals surface area contributed by atoms with Gasteiger partial charge in [-0.15, -0.1) is 0 Å². The number of carbonyl (C=O) groups is 18. The maximum atomic E-state index is 14.7. The van der Waals surface area contributed by atoms with Gasteiger partial charge in [0.05, 0.1) is 32.1 Å². The molecule has 0 aliphatic carbocycles. The summed E-state index contributed by atoms with van der Waals surface area (Å²) in [4.78, 5) is 244. The van der Waals surface area contributed by atoms with Gasteiger partial charge >= 0.3 is 23.9 Å². The van der Waals surface area contributed by atoms with Crippen LogP contribution in [-0.4, -0.2) is 260 Å². The van der Waals surface area contributed by atoms with Crippen molar-refractivity contribution in [2.24, 2.45) is 40.7 Å². The largest absolute Gasteiger partial charge is 0.481 e. The van der Waals surface area contributed by atoms with Crippen molar-refractivity contribution in [3.05, 3.63) is 71.8 Å². The lowest BCUT2D eigenvalue weighted by Gasteiger charge is -2.31. The minimum absolute atomic E-state index is 0.00498. The van der Waals surface area contributed by atoms with E-state index in [0.29, 0.717) is 17.5 Å². The van der Waals surface area contributed by atoms with Crippen molar-refractivity contribution in [3.63, 3.8) is 0 Å². The summed E-state index contributed by atoms with van der Waals surface area (Å²) < 4.78 is 0. The molecule has 666 valence electrons. The molecule has 0 saturated heterocycles. The topological polar surface area (TPSA) is 761 Å². The van der Waals surface area contributed by atoms with Crippen molar-refractivity contribution in [3.8, 4) is 0 Å². The molecular weight excluding hydrogens is 1580 g/mol. The Morgan fingerprint density at radius 1 is 0.367 bits per heavy atom. The average molecular weight is 1700 g/mol. The fourth-order valence-electron chi connectivity index (χ4n) is 11.6. The van der Waals surface area contributed by atoms with Crippen LogP contribution in [-0.2, 0) is 99.1 Å². The first-order valence-corrected chi connectivity index (χ1v) is 38.8. The highest BCUT2D eigenvalue weighted by atomic mass is 16.4. The molecule has 0 saturated carbocycles. The van der Waals surface area contributed by atoms with Crippen LogP contribution in [0, 0.1) is 28.6 Å². The number of aliphatic hydroxyl groups excluding tert-OH is 2. The van der Waals surface area contributed by atoms with Gasteiger partial charge in [-0.2, -0.15) is 0 Å². The normalized spacial score (nSPS) is 15.0. The van der Waals surface area contributed by atoms with Gasteiger partial charge in [-0.1, -0.05) is 115 Å². The van der Waals surface area contributed by atoms with Gasteiger partial charge < -0.3 is 133 Å². The molecule has 16 atom stereocenters. The monoisotopic (exact) mass is 1700 g/mol. The number of primary amides is 1. The van der Waals surface area contributed by atoms with Crippen LogP contribution in [0.15, 0.2) is 60.7 Å². The van der Waals surface area contributed by atoms with Crippen molar-refractivity contribution < 1.29 is 117 Å². The van der Waals surface area contributed by atoms with Crippen LogP contribution in [0.4, 0.5) is 0 Å². The Labute approximate surface area is 691 Å². The van der Waals surface area contributed by atoms with Gasteiger partial charge in [-0.05, 0) is 80.8 Å². The standard InChI is InChI=1S/C75H117N21O24/c1-8-38(5)58(96-72(118)59(39(6)9-2)95-70(116)53(36-98)94-69(115)52(35-97)93-60(106)40(7)84-61(107)43(76)22-16-28-82-74(78)79)71(117)91-50(34-57(104)105)68(114)87-46(25-27-55(100)101)64(110)88-47(30-37(3)4)65(111)89-48(31-41-18-12-10-13-19-41)66(112)86-45(24-26-54(77)99)63(109)90-49(33-56(102)103)67(113)85-44(23-17-29-83-75(80)81)62(108)92-51(73(119)120)32-42-20-14-11-15-21-42/h10-15,18-21,37-40,43-53,58-59,97-98H,8-9,16-17,22-36,76H2,1-7H3,(H2,77,99)(H,84,107)(H,85,113)(H,86,112)(H,87,114)(H,88,110)(H,89,111)(H,90,109)(H,91,117)(H,92,108)(H,93,106)(H,94,115)(H,95,116)(H,96,118)(H,100,101)(H,102,103)(H,104,105)(H,119,120)(H4,78,79,82)(H4,80,81,83)/t38-,39-,40-,43-,44-,45-,46-,47-,48-,49-,50-,51-,52-,53-,58-,59-/m0/s1. The van der Waals surface area contributed by atoms with Gasteiger partial charge in [0.15, 0.2) is 11.9 Å². The smallest absolute Gasteiger partial charge is 0.326 e. The van der Waals surface area contributed by atoms with Gasteiger partial charge in [0.25, 0.3) is 0 Å². The minimum atomic E-state index is -2.13. The summed E-state index contributed by atoms with van der Waals surface area (Å²) in [7, 11) is 0. The van der Waals surface area contributed by atoms with E-state index in [1.807, 2.05) is 0 Å². The lowest BCUT2D eigenvalue weighted by Crippen LogP contribution is -2.63. The summed E-state index contributed by atoms with van der Waals surface area (Å²) in [6.07, 6.45) is -5.73. The molecule has 0 unspecified atom stereocenters. The molecule has 0 aliphatic heterocycles. The number of carbonyl (C=O) groups excluding carboxylic acids is 14. The number of rotatable bonds is 57. The number of hydrogen-bond donors (Lipinski definition) is 27. The second kappa shape index (κ2) is 53.6. The highest BCUT2D eigenvalue weighted by Gasteiger charge is 2.40. The molecule has 120 heavy (non-hydrogen) atoms. The van der Waals surface area contributed by atoms with Crippen LogP contribution in [0.3, 0.4) is 0 Å². The highest BCUT2D eigenvalue weighted by molar-refractivity contribution is 6.01. The Bertz CT molecular complexity index is 3860. The Balaban J connectivity index is 2.53. The zero-order valence-electron chi connectivity index (χ0n) is 67.9. The first-order chi connectivity index (χ1) is 56.4. The van der Waals surface area contributed by atoms with Crippen molar-refractivity contribution in [1.29, 1.82) is 10.8 Å². The molecule has 45 heteroatoms. The molecule has 0 spiro atoms. The third kappa shape index (κ3) is 39.1. The van der Waals surface area contributed by atoms with Crippen molar-refractivity contribution in [1.82, 2.24) is 79.8 Å². The first kappa shape index (κ1) is 103. The third-order valence-corrected chi connectivity index (χ3v) is 18.7. The van der Waals surface area contributed by atoms with E-state index in [0.717, 1.165) is 0 Å². The molecular formula is C75H117N21O24. The Morgan fingerprint density at radius 2 is 0.700 bits per heavy atom. The summed E-state index contributed by atoms with van der Waals surface area (Å²) in [6, 6.07) is -8.02. The number of aliphatic hydroxyl groups is 2. The molecule has 45 nitrogen and oxygen atoms in total. The van der Waals surface area contributed by atoms with Crippen LogP contribution in [0.25, 0.3) is 0 Å². The number of nitrogens with two attached hydrogens (primary N) is 4. The van der Waals surface area contributed by atoms with E-state index in [-0.39, 0.29) is 64.0 Å². The average Bonchev–Trinajstić information content (AvgIpc) is 0.840. The van der Waals surface area contributed by atoms with Crippen LogP contribution >= 0.6 is 0 Å². The zero-order chi connectivity index (χ0) is 90.6. The summed E-state index contributed by atoms with van der Waals surface area (Å²) in [5.74, 6) is -25.3. The van der Waals surface area contributed by atoms with Crippen LogP contribution in [0.1, 0.15) is 143 Å². The van der Waals surface area contributed by atoms with Gasteiger partial charge in [-0.3, -0.25) is 92.3 Å². The fraction of sp³-hybridized carbons (Fsp3) is 0.573. The minimum Gasteiger partial charge on any atom is -0.481 e. The highest BCUT2D eigenvalue weighted by Crippen LogP contribution is 2.17. The van der Waals surface area contributed by atoms with Crippen LogP contribution in [0.2, 0.25) is 0 Å². The number of hydrogen-bond acceptors (Lipinski definition) is 23. The molecule has 2 aromatic rings. The van der Waals surface area contributed by atoms with E-state index in [9.17, 15) is 117 Å². The SMILES string of the molecule is CC[C@H](C)[C@H](NC(=O)[C@H](CO)NC(=O)[C@H](CO)NC(=O)[C@H](C)NC(=O)[C@@H](N)CCCNC(=N)N)C(=O)N[C@H](C(=O)N[C@@H](CC(=O)O)C(=O)N[C@@H](CCC(=O)O)C(=O)N[C@@H](CC(C)C)C(=O)N[C@@H](Cc1ccccc1)C(=O)N[C@@H](CCC(N)=O)C(=O)N[C@@H](CC(=O)O)C(=O)N[C@@H](CCCNC(=N)N)C(=O)N[C@@H](Cc1ccccc1)C(=O)O)[C@@H](C)CC. The third-order valence-electron chi connectivity index (χ3n) is 18.7. The summed E-state index contributed by atoms with van der Waals surface area (Å²) in [5, 5.41) is 111. The van der Waals surface area contributed by atoms with Gasteiger partial charge in [0, 0.05) is 38.8 Å². The molecule has 2 aromatic carbocycles. The van der Waals surface area contributed by atoms with Crippen molar-refractivity contribution >= 4 is 118 Å². The predicted molar refractivity (Wildman–Crippen MR) is 427 cm³/mol. The van der Waals surface area contributed by atoms with Gasteiger partial charge in [-0.25, -0.2) is 4.79 Å². The number of carboxylic acid groups (broad SMARTS) is 4. The number of benzene rings is 2. The fourth-order valence-corrected chi connectivity index (χ4v) is 11.6. The number of carboxylic acids is 4. The lowest BCUT2D eigenvalue weighted by molar-refractivity contribution is -0.143. The van der Waals surface area contributed by atoms with Crippen LogP contribution < -0.4 is 103 Å². The molecule has 0 fully saturated rings. The summed E-state index contributed by atoms with van der Waals surface area (Å²) in [5.41, 5.74) is 22.9. The predicted octanol–water partition coefficient (Wildman–Crippen LogP) is -7.06. The number of aliphatic carboxylic acids is 4. The maximum absolute atomic E-state index is 14.7. The zero-order valence-corrected chi connectivity index (χ0v) is 67.9. The molecule has 14 amide bonds. The molecule has 0 aliphatic rings. The molecule has 31 N–H and O–H groups in total. The summed E-state index contributed by atoms with van der Waals surface area (Å²) in [6.45, 7) is 8.66. The van der Waals surface area contributed by atoms with E-state index in [2.05, 4.69) is 79.8 Å². The van der Waals surface area contributed by atoms with Crippen molar-refractivity contribution in [2.45, 2.75) is 229 Å². The lowest BCUT2D eigenvalue weighted by atomic mass is 9.94. The Kier molecular flexibility index (Phi) is 46.2. The van der Waals surface area contributed by atoms with E-state index in [4.69, 9.17) is 33.8 Å². The van der Waals surface area contributed by atoms with E-state index in [1.54, 1.807) is 76.2 Å². The summed E-state index contributed by atoms with van der Waals surface area (Å²) >= 11 is 0. The first-order valence-electron chi connectivity index (χ1n) is 38.8. The molecule has 0 bridgehead atoms. The van der Waals surface area contributed by atoms with E-state index < -0.39 is 273 Å². The van der Waals surface area contributed by atoms with E-state index >= 15 is 0 Å². The molecule has 0 radical (unpaired) electrons. The second-order valence-electron chi connectivity index (χ2n) is 29.0. The molecule has 0 heterocycles. The van der Waals surface area contributed by atoms with Gasteiger partial charge in [0.2, 0.25) is 82.7 Å².